The number of rotatable bonds is 1. The van der Waals surface area contributed by atoms with Crippen LogP contribution in [0.3, 0.4) is 0 Å². The van der Waals surface area contributed by atoms with Gasteiger partial charge in [-0.3, -0.25) is 0 Å². The highest BCUT2D eigenvalue weighted by Gasteiger charge is 2.38. The van der Waals surface area contributed by atoms with Crippen LogP contribution in [0.1, 0.15) is 31.1 Å². The second-order valence-corrected chi connectivity index (χ2v) is 4.48. The molecule has 0 N–H and O–H groups in total. The van der Waals surface area contributed by atoms with Gasteiger partial charge in [-0.15, -0.1) is 0 Å². The standard InChI is InChI=1S/C12H16O/c1-12(2)8-9-6-4-5-7-10(9)11(12)13-3/h4-7,11H,8H2,1-3H3/t11-/m1/s1. The molecule has 0 amide bonds. The average Bonchev–Trinajstić information content (AvgIpc) is 2.33. The fourth-order valence-electron chi connectivity index (χ4n) is 2.40. The van der Waals surface area contributed by atoms with E-state index in [2.05, 4.69) is 38.1 Å². The van der Waals surface area contributed by atoms with Gasteiger partial charge in [0.1, 0.15) is 0 Å². The minimum atomic E-state index is 0.248. The van der Waals surface area contributed by atoms with E-state index in [-0.39, 0.29) is 11.5 Å². The molecule has 13 heavy (non-hydrogen) atoms. The van der Waals surface area contributed by atoms with Gasteiger partial charge in [0.15, 0.2) is 0 Å². The zero-order valence-corrected chi connectivity index (χ0v) is 8.50. The van der Waals surface area contributed by atoms with Crippen molar-refractivity contribution in [2.45, 2.75) is 26.4 Å². The van der Waals surface area contributed by atoms with Crippen LogP contribution in [0.4, 0.5) is 0 Å². The summed E-state index contributed by atoms with van der Waals surface area (Å²) >= 11 is 0. The Morgan fingerprint density at radius 1 is 1.31 bits per heavy atom. The van der Waals surface area contributed by atoms with Crippen LogP contribution in [-0.4, -0.2) is 7.11 Å². The fraction of sp³-hybridized carbons (Fsp3) is 0.500. The van der Waals surface area contributed by atoms with E-state index in [1.54, 1.807) is 7.11 Å². The molecule has 1 nitrogen and oxygen atoms in total. The van der Waals surface area contributed by atoms with Crippen molar-refractivity contribution in [3.63, 3.8) is 0 Å². The molecule has 0 aromatic heterocycles. The van der Waals surface area contributed by atoms with Crippen molar-refractivity contribution in [3.8, 4) is 0 Å². The van der Waals surface area contributed by atoms with Crippen molar-refractivity contribution in [1.29, 1.82) is 0 Å². The maximum Gasteiger partial charge on any atom is 0.0877 e. The van der Waals surface area contributed by atoms with E-state index in [0.717, 1.165) is 6.42 Å². The summed E-state index contributed by atoms with van der Waals surface area (Å²) in [5.41, 5.74) is 3.06. The first-order valence-corrected chi connectivity index (χ1v) is 4.76. The summed E-state index contributed by atoms with van der Waals surface area (Å²) in [6.45, 7) is 4.53. The molecule has 0 bridgehead atoms. The molecular weight excluding hydrogens is 160 g/mol. The van der Waals surface area contributed by atoms with Crippen molar-refractivity contribution < 1.29 is 4.74 Å². The van der Waals surface area contributed by atoms with Gasteiger partial charge in [-0.1, -0.05) is 38.1 Å². The van der Waals surface area contributed by atoms with Crippen LogP contribution in [-0.2, 0) is 11.2 Å². The van der Waals surface area contributed by atoms with Gasteiger partial charge in [0.25, 0.3) is 0 Å². The number of ether oxygens (including phenoxy) is 1. The second-order valence-electron chi connectivity index (χ2n) is 4.48. The highest BCUT2D eigenvalue weighted by molar-refractivity contribution is 5.36. The van der Waals surface area contributed by atoms with E-state index < -0.39 is 0 Å². The van der Waals surface area contributed by atoms with E-state index in [4.69, 9.17) is 4.74 Å². The predicted molar refractivity (Wildman–Crippen MR) is 53.7 cm³/mol. The smallest absolute Gasteiger partial charge is 0.0877 e. The molecule has 0 fully saturated rings. The van der Waals surface area contributed by atoms with Gasteiger partial charge in [-0.05, 0) is 23.0 Å². The molecule has 0 spiro atoms. The van der Waals surface area contributed by atoms with Crippen molar-refractivity contribution in [2.24, 2.45) is 5.41 Å². The van der Waals surface area contributed by atoms with Crippen molar-refractivity contribution in [3.05, 3.63) is 35.4 Å². The SMILES string of the molecule is CO[C@@H]1c2ccccc2CC1(C)C. The molecule has 0 radical (unpaired) electrons. The summed E-state index contributed by atoms with van der Waals surface area (Å²) in [5, 5.41) is 0. The molecule has 1 aliphatic carbocycles. The number of methoxy groups -OCH3 is 1. The van der Waals surface area contributed by atoms with Gasteiger partial charge in [-0.2, -0.15) is 0 Å². The Morgan fingerprint density at radius 3 is 2.69 bits per heavy atom. The number of hydrogen-bond donors (Lipinski definition) is 0. The van der Waals surface area contributed by atoms with E-state index in [1.807, 2.05) is 0 Å². The van der Waals surface area contributed by atoms with E-state index in [9.17, 15) is 0 Å². The zero-order valence-electron chi connectivity index (χ0n) is 8.50. The third-order valence-electron chi connectivity index (χ3n) is 2.93. The molecule has 0 saturated heterocycles. The van der Waals surface area contributed by atoms with Gasteiger partial charge < -0.3 is 4.74 Å². The maximum absolute atomic E-state index is 5.55. The third kappa shape index (κ3) is 1.28. The van der Waals surface area contributed by atoms with Crippen LogP contribution in [0, 0.1) is 5.41 Å². The minimum absolute atomic E-state index is 0.248. The molecular formula is C12H16O. The predicted octanol–water partition coefficient (Wildman–Crippen LogP) is 2.96. The highest BCUT2D eigenvalue weighted by Crippen LogP contribution is 2.46. The van der Waals surface area contributed by atoms with Crippen LogP contribution in [0.5, 0.6) is 0 Å². The quantitative estimate of drug-likeness (QED) is 0.639. The molecule has 1 aliphatic rings. The van der Waals surface area contributed by atoms with E-state index >= 15 is 0 Å². The summed E-state index contributed by atoms with van der Waals surface area (Å²) in [4.78, 5) is 0. The van der Waals surface area contributed by atoms with Crippen LogP contribution < -0.4 is 0 Å². The van der Waals surface area contributed by atoms with Crippen LogP contribution in [0.25, 0.3) is 0 Å². The number of hydrogen-bond acceptors (Lipinski definition) is 1. The van der Waals surface area contributed by atoms with Crippen LogP contribution in [0.15, 0.2) is 24.3 Å². The highest BCUT2D eigenvalue weighted by atomic mass is 16.5. The number of fused-ring (bicyclic) bond motifs is 1. The van der Waals surface area contributed by atoms with Gasteiger partial charge in [-0.25, -0.2) is 0 Å². The Hall–Kier alpha value is -0.820. The molecule has 1 atom stereocenters. The molecule has 1 aromatic carbocycles. The van der Waals surface area contributed by atoms with E-state index in [0.29, 0.717) is 0 Å². The second kappa shape index (κ2) is 2.85. The van der Waals surface area contributed by atoms with Crippen molar-refractivity contribution in [1.82, 2.24) is 0 Å². The molecule has 2 rings (SSSR count). The van der Waals surface area contributed by atoms with Crippen LogP contribution >= 0.6 is 0 Å². The molecule has 0 unspecified atom stereocenters. The summed E-state index contributed by atoms with van der Waals surface area (Å²) in [6.07, 6.45) is 1.39. The topological polar surface area (TPSA) is 9.23 Å². The van der Waals surface area contributed by atoms with Crippen molar-refractivity contribution in [2.75, 3.05) is 7.11 Å². The largest absolute Gasteiger partial charge is 0.376 e. The lowest BCUT2D eigenvalue weighted by Gasteiger charge is -2.25. The molecule has 0 saturated carbocycles. The summed E-state index contributed by atoms with van der Waals surface area (Å²) in [7, 11) is 1.80. The molecule has 0 aliphatic heterocycles. The first-order chi connectivity index (χ1) is 6.15. The molecule has 70 valence electrons. The van der Waals surface area contributed by atoms with Gasteiger partial charge in [0.05, 0.1) is 6.10 Å². The van der Waals surface area contributed by atoms with Crippen LogP contribution in [0.2, 0.25) is 0 Å². The molecule has 0 heterocycles. The fourth-order valence-corrected chi connectivity index (χ4v) is 2.40. The Morgan fingerprint density at radius 2 is 2.00 bits per heavy atom. The van der Waals surface area contributed by atoms with Crippen molar-refractivity contribution >= 4 is 0 Å². The normalized spacial score (nSPS) is 24.4. The molecule has 1 heteroatoms. The molecule has 1 aromatic rings. The Kier molecular flexibility index (Phi) is 1.92. The monoisotopic (exact) mass is 176 g/mol. The first kappa shape index (κ1) is 8.76. The minimum Gasteiger partial charge on any atom is -0.376 e. The third-order valence-corrected chi connectivity index (χ3v) is 2.93. The Labute approximate surface area is 79.7 Å². The lowest BCUT2D eigenvalue weighted by Crippen LogP contribution is -2.18. The Bertz CT molecular complexity index is 315. The van der Waals surface area contributed by atoms with E-state index in [1.165, 1.54) is 11.1 Å². The summed E-state index contributed by atoms with van der Waals surface area (Å²) in [5.74, 6) is 0. The van der Waals surface area contributed by atoms with Gasteiger partial charge >= 0.3 is 0 Å². The number of benzene rings is 1. The van der Waals surface area contributed by atoms with Gasteiger partial charge in [0, 0.05) is 7.11 Å². The lowest BCUT2D eigenvalue weighted by atomic mass is 9.87. The first-order valence-electron chi connectivity index (χ1n) is 4.76. The summed E-state index contributed by atoms with van der Waals surface area (Å²) < 4.78 is 5.55. The average molecular weight is 176 g/mol. The maximum atomic E-state index is 5.55. The Balaban J connectivity index is 2.46. The van der Waals surface area contributed by atoms with Gasteiger partial charge in [0.2, 0.25) is 0 Å². The lowest BCUT2D eigenvalue weighted by molar-refractivity contribution is 0.0190. The zero-order chi connectivity index (χ0) is 9.47. The summed E-state index contributed by atoms with van der Waals surface area (Å²) in [6, 6.07) is 8.58.